The van der Waals surface area contributed by atoms with Crippen LogP contribution in [0.5, 0.6) is 0 Å². The molecular formula is C16H23N3S. The van der Waals surface area contributed by atoms with Gasteiger partial charge in [-0.2, -0.15) is 0 Å². The monoisotopic (exact) mass is 289 g/mol. The largest absolute Gasteiger partial charge is 0.309 e. The Morgan fingerprint density at radius 3 is 2.55 bits per heavy atom. The summed E-state index contributed by atoms with van der Waals surface area (Å²) in [6, 6.07) is 2.44. The molecule has 1 N–H and O–H groups in total. The van der Waals surface area contributed by atoms with Crippen LogP contribution < -0.4 is 5.32 Å². The van der Waals surface area contributed by atoms with E-state index < -0.39 is 0 Å². The normalized spacial score (nSPS) is 12.7. The van der Waals surface area contributed by atoms with Crippen molar-refractivity contribution < 1.29 is 0 Å². The van der Waals surface area contributed by atoms with Crippen molar-refractivity contribution in [2.24, 2.45) is 0 Å². The number of nitrogens with one attached hydrogen (secondary N) is 1. The molecule has 0 saturated carbocycles. The quantitative estimate of drug-likeness (QED) is 0.912. The zero-order valence-electron chi connectivity index (χ0n) is 12.9. The van der Waals surface area contributed by atoms with Crippen molar-refractivity contribution in [3.8, 4) is 0 Å². The number of aromatic nitrogens is 2. The second-order valence-corrected chi connectivity index (χ2v) is 6.57. The highest BCUT2D eigenvalue weighted by Crippen LogP contribution is 2.24. The number of thiazole rings is 1. The van der Waals surface area contributed by atoms with E-state index in [1.165, 1.54) is 21.0 Å². The summed E-state index contributed by atoms with van der Waals surface area (Å²) >= 11 is 1.79. The van der Waals surface area contributed by atoms with E-state index in [2.05, 4.69) is 56.0 Å². The summed E-state index contributed by atoms with van der Waals surface area (Å²) in [5.41, 5.74) is 4.75. The molecule has 0 aliphatic carbocycles. The first-order valence-electron chi connectivity index (χ1n) is 7.10. The number of hydrogen-bond donors (Lipinski definition) is 1. The molecule has 0 aliphatic rings. The third-order valence-electron chi connectivity index (χ3n) is 3.49. The summed E-state index contributed by atoms with van der Waals surface area (Å²) in [6.45, 7) is 11.5. The zero-order chi connectivity index (χ0) is 14.7. The summed E-state index contributed by atoms with van der Waals surface area (Å²) in [5, 5.41) is 4.73. The molecule has 0 aromatic carbocycles. The van der Waals surface area contributed by atoms with Crippen molar-refractivity contribution in [3.05, 3.63) is 44.7 Å². The first kappa shape index (κ1) is 15.1. The van der Waals surface area contributed by atoms with Crippen LogP contribution >= 0.6 is 11.3 Å². The average molecular weight is 289 g/mol. The van der Waals surface area contributed by atoms with Gasteiger partial charge in [-0.3, -0.25) is 4.98 Å². The Morgan fingerprint density at radius 2 is 2.00 bits per heavy atom. The highest BCUT2D eigenvalue weighted by atomic mass is 32.1. The summed E-state index contributed by atoms with van der Waals surface area (Å²) in [6.07, 6.45) is 2.86. The molecule has 1 unspecified atom stereocenters. The van der Waals surface area contributed by atoms with E-state index in [0.717, 1.165) is 24.4 Å². The predicted octanol–water partition coefficient (Wildman–Crippen LogP) is 3.67. The van der Waals surface area contributed by atoms with Crippen molar-refractivity contribution in [2.45, 2.75) is 47.1 Å². The third-order valence-corrected chi connectivity index (χ3v) is 4.58. The van der Waals surface area contributed by atoms with E-state index in [4.69, 9.17) is 0 Å². The molecule has 1 atom stereocenters. The molecule has 0 bridgehead atoms. The van der Waals surface area contributed by atoms with Gasteiger partial charge >= 0.3 is 0 Å². The minimum absolute atomic E-state index is 0.241. The molecule has 3 nitrogen and oxygen atoms in total. The highest BCUT2D eigenvalue weighted by Gasteiger charge is 2.17. The van der Waals surface area contributed by atoms with Crippen LogP contribution in [-0.2, 0) is 6.42 Å². The fourth-order valence-corrected chi connectivity index (χ4v) is 3.38. The summed E-state index contributed by atoms with van der Waals surface area (Å²) < 4.78 is 0. The standard InChI is InChI=1S/C16H23N3S/c1-6-17-14(8-15-19-12(4)13(5)20-15)16-11(3)7-10(2)9-18-16/h7,9,14,17H,6,8H2,1-5H3. The van der Waals surface area contributed by atoms with Crippen LogP contribution in [0.4, 0.5) is 0 Å². The minimum atomic E-state index is 0.241. The second kappa shape index (κ2) is 6.46. The van der Waals surface area contributed by atoms with Gasteiger partial charge in [0.25, 0.3) is 0 Å². The molecule has 0 saturated heterocycles. The van der Waals surface area contributed by atoms with Crippen molar-refractivity contribution in [2.75, 3.05) is 6.54 Å². The topological polar surface area (TPSA) is 37.8 Å². The Hall–Kier alpha value is -1.26. The third kappa shape index (κ3) is 3.44. The van der Waals surface area contributed by atoms with Gasteiger partial charge in [-0.15, -0.1) is 11.3 Å². The first-order valence-corrected chi connectivity index (χ1v) is 7.92. The van der Waals surface area contributed by atoms with Crippen LogP contribution in [-0.4, -0.2) is 16.5 Å². The van der Waals surface area contributed by atoms with Gasteiger partial charge in [0.05, 0.1) is 22.4 Å². The lowest BCUT2D eigenvalue weighted by molar-refractivity contribution is 0.532. The number of rotatable bonds is 5. The van der Waals surface area contributed by atoms with Crippen LogP contribution in [0, 0.1) is 27.7 Å². The molecule has 2 rings (SSSR count). The molecule has 0 fully saturated rings. The van der Waals surface area contributed by atoms with Crippen LogP contribution in [0.15, 0.2) is 12.3 Å². The van der Waals surface area contributed by atoms with Crippen molar-refractivity contribution in [1.29, 1.82) is 0 Å². The molecule has 0 aliphatic heterocycles. The second-order valence-electron chi connectivity index (χ2n) is 5.28. The predicted molar refractivity (Wildman–Crippen MR) is 85.4 cm³/mol. The Labute approximate surface area is 125 Å². The first-order chi connectivity index (χ1) is 9.51. The Bertz CT molecular complexity index is 570. The van der Waals surface area contributed by atoms with Gasteiger partial charge in [0.1, 0.15) is 0 Å². The van der Waals surface area contributed by atoms with Crippen LogP contribution in [0.1, 0.15) is 45.4 Å². The van der Waals surface area contributed by atoms with Gasteiger partial charge in [-0.25, -0.2) is 4.98 Å². The smallest absolute Gasteiger partial charge is 0.0950 e. The number of nitrogens with zero attached hydrogens (tertiary/aromatic N) is 2. The van der Waals surface area contributed by atoms with E-state index in [9.17, 15) is 0 Å². The van der Waals surface area contributed by atoms with Crippen molar-refractivity contribution in [1.82, 2.24) is 15.3 Å². The maximum Gasteiger partial charge on any atom is 0.0950 e. The Balaban J connectivity index is 2.26. The lowest BCUT2D eigenvalue weighted by Gasteiger charge is -2.18. The molecule has 2 aromatic rings. The number of aryl methyl sites for hydroxylation is 4. The average Bonchev–Trinajstić information content (AvgIpc) is 2.68. The summed E-state index contributed by atoms with van der Waals surface area (Å²) in [5.74, 6) is 0. The van der Waals surface area contributed by atoms with Crippen LogP contribution in [0.2, 0.25) is 0 Å². The molecule has 2 heterocycles. The van der Waals surface area contributed by atoms with Crippen LogP contribution in [0.3, 0.4) is 0 Å². The lowest BCUT2D eigenvalue weighted by atomic mass is 10.0. The SMILES string of the molecule is CCNC(Cc1nc(C)c(C)s1)c1ncc(C)cc1C. The number of hydrogen-bond acceptors (Lipinski definition) is 4. The fraction of sp³-hybridized carbons (Fsp3) is 0.500. The number of likely N-dealkylation sites (N-methyl/N-ethyl adjacent to an activating group) is 1. The molecule has 2 aromatic heterocycles. The number of pyridine rings is 1. The van der Waals surface area contributed by atoms with E-state index in [1.807, 2.05) is 6.20 Å². The van der Waals surface area contributed by atoms with Gasteiger partial charge in [0.2, 0.25) is 0 Å². The van der Waals surface area contributed by atoms with E-state index >= 15 is 0 Å². The van der Waals surface area contributed by atoms with Crippen LogP contribution in [0.25, 0.3) is 0 Å². The summed E-state index contributed by atoms with van der Waals surface area (Å²) in [4.78, 5) is 10.6. The Morgan fingerprint density at radius 1 is 1.25 bits per heavy atom. The van der Waals surface area contributed by atoms with Gasteiger partial charge in [-0.1, -0.05) is 13.0 Å². The lowest BCUT2D eigenvalue weighted by Crippen LogP contribution is -2.24. The highest BCUT2D eigenvalue weighted by molar-refractivity contribution is 7.11. The summed E-state index contributed by atoms with van der Waals surface area (Å²) in [7, 11) is 0. The maximum atomic E-state index is 4.66. The zero-order valence-corrected chi connectivity index (χ0v) is 13.8. The molecule has 20 heavy (non-hydrogen) atoms. The minimum Gasteiger partial charge on any atom is -0.309 e. The molecule has 0 radical (unpaired) electrons. The Kier molecular flexibility index (Phi) is 4.89. The van der Waals surface area contributed by atoms with Crippen molar-refractivity contribution >= 4 is 11.3 Å². The molecule has 4 heteroatoms. The van der Waals surface area contributed by atoms with Gasteiger partial charge < -0.3 is 5.32 Å². The molecular weight excluding hydrogens is 266 g/mol. The fourth-order valence-electron chi connectivity index (χ4n) is 2.40. The molecule has 0 spiro atoms. The van der Waals surface area contributed by atoms with E-state index in [-0.39, 0.29) is 6.04 Å². The molecule has 0 amide bonds. The van der Waals surface area contributed by atoms with Gasteiger partial charge in [0.15, 0.2) is 0 Å². The maximum absolute atomic E-state index is 4.66. The van der Waals surface area contributed by atoms with Gasteiger partial charge in [-0.05, 0) is 45.4 Å². The van der Waals surface area contributed by atoms with E-state index in [1.54, 1.807) is 11.3 Å². The molecule has 108 valence electrons. The van der Waals surface area contributed by atoms with Gasteiger partial charge in [0, 0.05) is 17.5 Å². The van der Waals surface area contributed by atoms with Crippen molar-refractivity contribution in [3.63, 3.8) is 0 Å². The van der Waals surface area contributed by atoms with E-state index in [0.29, 0.717) is 0 Å².